The van der Waals surface area contributed by atoms with E-state index in [1.807, 2.05) is 33.8 Å². The highest BCUT2D eigenvalue weighted by atomic mass is 16.5. The first-order valence-electron chi connectivity index (χ1n) is 4.52. The molecular formula is C10H17NO2. The summed E-state index contributed by atoms with van der Waals surface area (Å²) in [5, 5.41) is 18.8. The smallest absolute Gasteiger partial charge is 0.109 e. The van der Waals surface area contributed by atoms with Gasteiger partial charge < -0.3 is 9.84 Å². The number of nitriles is 1. The minimum absolute atomic E-state index is 0.128. The monoisotopic (exact) mass is 183 g/mol. The van der Waals surface area contributed by atoms with Gasteiger partial charge >= 0.3 is 0 Å². The summed E-state index contributed by atoms with van der Waals surface area (Å²) < 4.78 is 5.70. The summed E-state index contributed by atoms with van der Waals surface area (Å²) in [4.78, 5) is 0. The van der Waals surface area contributed by atoms with E-state index in [9.17, 15) is 5.11 Å². The van der Waals surface area contributed by atoms with Gasteiger partial charge in [0, 0.05) is 6.42 Å². The van der Waals surface area contributed by atoms with E-state index in [1.54, 1.807) is 0 Å². The minimum Gasteiger partial charge on any atom is -0.386 e. The van der Waals surface area contributed by atoms with Crippen LogP contribution in [0.2, 0.25) is 0 Å². The Hall–Kier alpha value is -0.590. The second-order valence-corrected chi connectivity index (χ2v) is 4.92. The Morgan fingerprint density at radius 1 is 1.38 bits per heavy atom. The van der Waals surface area contributed by atoms with Crippen LogP contribution in [-0.4, -0.2) is 21.9 Å². The highest BCUT2D eigenvalue weighted by molar-refractivity contribution is 5.09. The Morgan fingerprint density at radius 2 is 1.92 bits per heavy atom. The lowest BCUT2D eigenvalue weighted by Crippen LogP contribution is -2.45. The van der Waals surface area contributed by atoms with Crippen LogP contribution < -0.4 is 0 Å². The van der Waals surface area contributed by atoms with Crippen molar-refractivity contribution in [2.75, 3.05) is 0 Å². The van der Waals surface area contributed by atoms with Crippen LogP contribution in [0.15, 0.2) is 0 Å². The fraction of sp³-hybridized carbons (Fsp3) is 0.900. The normalized spacial score (nSPS) is 35.7. The number of ether oxygens (including phenoxy) is 1. The molecular weight excluding hydrogens is 166 g/mol. The van der Waals surface area contributed by atoms with Crippen LogP contribution in [0.4, 0.5) is 0 Å². The van der Waals surface area contributed by atoms with E-state index >= 15 is 0 Å². The molecule has 0 saturated carbocycles. The van der Waals surface area contributed by atoms with Gasteiger partial charge in [-0.1, -0.05) is 0 Å². The second kappa shape index (κ2) is 2.70. The molecule has 0 bridgehead atoms. The number of rotatable bonds is 1. The highest BCUT2D eigenvalue weighted by Crippen LogP contribution is 2.46. The van der Waals surface area contributed by atoms with Crippen LogP contribution in [0.1, 0.15) is 40.5 Å². The maximum absolute atomic E-state index is 10.2. The van der Waals surface area contributed by atoms with Gasteiger partial charge in [0.2, 0.25) is 0 Å². The quantitative estimate of drug-likeness (QED) is 0.672. The van der Waals surface area contributed by atoms with Crippen molar-refractivity contribution in [2.24, 2.45) is 0 Å². The van der Waals surface area contributed by atoms with E-state index in [0.29, 0.717) is 6.42 Å². The van der Waals surface area contributed by atoms with Gasteiger partial charge in [-0.3, -0.25) is 0 Å². The van der Waals surface area contributed by atoms with Gasteiger partial charge in [-0.05, 0) is 27.7 Å². The van der Waals surface area contributed by atoms with Gasteiger partial charge in [0.1, 0.15) is 5.60 Å². The van der Waals surface area contributed by atoms with E-state index in [2.05, 4.69) is 0 Å². The largest absolute Gasteiger partial charge is 0.386 e. The molecule has 1 fully saturated rings. The molecule has 0 aromatic carbocycles. The Kier molecular flexibility index (Phi) is 2.18. The van der Waals surface area contributed by atoms with Crippen LogP contribution in [0.3, 0.4) is 0 Å². The van der Waals surface area contributed by atoms with Crippen molar-refractivity contribution >= 4 is 0 Å². The first kappa shape index (κ1) is 10.5. The second-order valence-electron chi connectivity index (χ2n) is 4.92. The van der Waals surface area contributed by atoms with Crippen LogP contribution in [-0.2, 0) is 4.74 Å². The maximum Gasteiger partial charge on any atom is 0.109 e. The highest BCUT2D eigenvalue weighted by Gasteiger charge is 2.56. The van der Waals surface area contributed by atoms with Crippen molar-refractivity contribution in [3.8, 4) is 6.07 Å². The summed E-state index contributed by atoms with van der Waals surface area (Å²) >= 11 is 0. The Labute approximate surface area is 79.3 Å². The van der Waals surface area contributed by atoms with Crippen molar-refractivity contribution in [3.63, 3.8) is 0 Å². The van der Waals surface area contributed by atoms with Crippen molar-refractivity contribution < 1.29 is 9.84 Å². The first-order chi connectivity index (χ1) is 5.72. The summed E-state index contributed by atoms with van der Waals surface area (Å²) in [6.45, 7) is 7.53. The summed E-state index contributed by atoms with van der Waals surface area (Å²) in [5.41, 5.74) is -1.98. The molecule has 1 heterocycles. The first-order valence-corrected chi connectivity index (χ1v) is 4.52. The summed E-state index contributed by atoms with van der Waals surface area (Å²) in [6, 6.07) is 2.01. The molecule has 3 nitrogen and oxygen atoms in total. The Bertz CT molecular complexity index is 252. The van der Waals surface area contributed by atoms with Crippen LogP contribution in [0, 0.1) is 11.3 Å². The number of hydrogen-bond donors (Lipinski definition) is 1. The molecule has 0 spiro atoms. The standard InChI is InChI=1S/C10H17NO2/c1-8(2)7-10(12,5-6-11)9(3,4)13-8/h12H,5,7H2,1-4H3. The van der Waals surface area contributed by atoms with Gasteiger partial charge in [0.15, 0.2) is 0 Å². The summed E-state index contributed by atoms with van der Waals surface area (Å²) in [5.74, 6) is 0. The van der Waals surface area contributed by atoms with Gasteiger partial charge in [-0.25, -0.2) is 0 Å². The molecule has 1 rings (SSSR count). The molecule has 13 heavy (non-hydrogen) atoms. The molecule has 1 saturated heterocycles. The zero-order valence-electron chi connectivity index (χ0n) is 8.72. The third kappa shape index (κ3) is 1.70. The molecule has 1 N–H and O–H groups in total. The minimum atomic E-state index is -1.01. The number of aliphatic hydroxyl groups is 1. The number of nitrogens with zero attached hydrogens (tertiary/aromatic N) is 1. The van der Waals surface area contributed by atoms with E-state index in [-0.39, 0.29) is 12.0 Å². The Balaban J connectivity index is 2.94. The maximum atomic E-state index is 10.2. The average Bonchev–Trinajstić information content (AvgIpc) is 1.96. The average molecular weight is 183 g/mol. The van der Waals surface area contributed by atoms with Gasteiger partial charge in [-0.2, -0.15) is 5.26 Å². The summed E-state index contributed by atoms with van der Waals surface area (Å²) in [7, 11) is 0. The summed E-state index contributed by atoms with van der Waals surface area (Å²) in [6.07, 6.45) is 0.643. The van der Waals surface area contributed by atoms with E-state index in [0.717, 1.165) is 0 Å². The van der Waals surface area contributed by atoms with Crippen molar-refractivity contribution in [1.29, 1.82) is 5.26 Å². The van der Waals surface area contributed by atoms with Crippen molar-refractivity contribution in [3.05, 3.63) is 0 Å². The topological polar surface area (TPSA) is 53.2 Å². The fourth-order valence-corrected chi connectivity index (χ4v) is 2.15. The van der Waals surface area contributed by atoms with Gasteiger partial charge in [-0.15, -0.1) is 0 Å². The molecule has 0 radical (unpaired) electrons. The van der Waals surface area contributed by atoms with Crippen molar-refractivity contribution in [1.82, 2.24) is 0 Å². The molecule has 0 aromatic rings. The fourth-order valence-electron chi connectivity index (χ4n) is 2.15. The third-order valence-corrected chi connectivity index (χ3v) is 2.74. The van der Waals surface area contributed by atoms with Gasteiger partial charge in [0.05, 0.1) is 23.7 Å². The van der Waals surface area contributed by atoms with E-state index in [1.165, 1.54) is 0 Å². The zero-order chi connectivity index (χ0) is 10.3. The number of hydrogen-bond acceptors (Lipinski definition) is 3. The van der Waals surface area contributed by atoms with E-state index < -0.39 is 11.2 Å². The molecule has 1 aliphatic rings. The Morgan fingerprint density at radius 3 is 2.23 bits per heavy atom. The lowest BCUT2D eigenvalue weighted by Gasteiger charge is -2.32. The van der Waals surface area contributed by atoms with Crippen LogP contribution in [0.5, 0.6) is 0 Å². The molecule has 1 aliphatic heterocycles. The van der Waals surface area contributed by atoms with Crippen LogP contribution in [0.25, 0.3) is 0 Å². The lowest BCUT2D eigenvalue weighted by molar-refractivity contribution is -0.124. The molecule has 1 atom stereocenters. The molecule has 1 unspecified atom stereocenters. The molecule has 0 amide bonds. The van der Waals surface area contributed by atoms with Crippen LogP contribution >= 0.6 is 0 Å². The van der Waals surface area contributed by atoms with E-state index in [4.69, 9.17) is 10.00 Å². The van der Waals surface area contributed by atoms with Gasteiger partial charge in [0.25, 0.3) is 0 Å². The van der Waals surface area contributed by atoms with Crippen molar-refractivity contribution in [2.45, 2.75) is 57.3 Å². The molecule has 0 aliphatic carbocycles. The predicted octanol–water partition coefficient (Wildman–Crippen LogP) is 1.61. The lowest BCUT2D eigenvalue weighted by atomic mass is 9.80. The third-order valence-electron chi connectivity index (χ3n) is 2.74. The zero-order valence-corrected chi connectivity index (χ0v) is 8.72. The predicted molar refractivity (Wildman–Crippen MR) is 49.0 cm³/mol. The molecule has 0 aromatic heterocycles. The molecule has 74 valence electrons. The SMILES string of the molecule is CC1(C)CC(O)(CC#N)C(C)(C)O1. The molecule has 3 heteroatoms.